The van der Waals surface area contributed by atoms with E-state index in [1.807, 2.05) is 18.2 Å². The molecule has 0 heterocycles. The first-order valence-electron chi connectivity index (χ1n) is 5.99. The smallest absolute Gasteiger partial charge is 0.335 e. The highest BCUT2D eigenvalue weighted by atomic mass is 32.2. The van der Waals surface area contributed by atoms with Crippen molar-refractivity contribution in [2.45, 2.75) is 23.1 Å². The number of nitrogens with two attached hydrogens (primary N) is 1. The SMILES string of the molecule is CCc1ccc(Sc2ccc(C(=O)O)cc2)cc1N. The Morgan fingerprint density at radius 1 is 1.16 bits per heavy atom. The molecule has 0 spiro atoms. The largest absolute Gasteiger partial charge is 0.478 e. The number of carbonyl (C=O) groups is 1. The molecular formula is C15H15NO2S. The van der Waals surface area contributed by atoms with E-state index in [4.69, 9.17) is 10.8 Å². The van der Waals surface area contributed by atoms with Crippen LogP contribution in [0.25, 0.3) is 0 Å². The second-order valence-electron chi connectivity index (χ2n) is 4.15. The van der Waals surface area contributed by atoms with Crippen molar-refractivity contribution in [3.8, 4) is 0 Å². The van der Waals surface area contributed by atoms with Crippen LogP contribution in [-0.4, -0.2) is 11.1 Å². The summed E-state index contributed by atoms with van der Waals surface area (Å²) in [4.78, 5) is 12.8. The van der Waals surface area contributed by atoms with Crippen LogP contribution in [0.15, 0.2) is 52.3 Å². The summed E-state index contributed by atoms with van der Waals surface area (Å²) in [6.07, 6.45) is 0.921. The second-order valence-corrected chi connectivity index (χ2v) is 5.29. The summed E-state index contributed by atoms with van der Waals surface area (Å²) in [7, 11) is 0. The summed E-state index contributed by atoms with van der Waals surface area (Å²) in [5.74, 6) is -0.909. The molecule has 19 heavy (non-hydrogen) atoms. The predicted molar refractivity (Wildman–Crippen MR) is 77.8 cm³/mol. The first kappa shape index (κ1) is 13.5. The molecule has 2 aromatic rings. The average molecular weight is 273 g/mol. The number of rotatable bonds is 4. The number of nitrogen functional groups attached to an aromatic ring is 1. The number of aromatic carboxylic acids is 1. The first-order chi connectivity index (χ1) is 9.10. The minimum Gasteiger partial charge on any atom is -0.478 e. The van der Waals surface area contributed by atoms with E-state index in [2.05, 4.69) is 6.92 Å². The topological polar surface area (TPSA) is 63.3 Å². The highest BCUT2D eigenvalue weighted by molar-refractivity contribution is 7.99. The van der Waals surface area contributed by atoms with Gasteiger partial charge in [0.25, 0.3) is 0 Å². The van der Waals surface area contributed by atoms with Gasteiger partial charge in [-0.15, -0.1) is 0 Å². The van der Waals surface area contributed by atoms with Crippen molar-refractivity contribution in [1.82, 2.24) is 0 Å². The fraction of sp³-hybridized carbons (Fsp3) is 0.133. The van der Waals surface area contributed by atoms with Crippen LogP contribution in [0.1, 0.15) is 22.8 Å². The molecule has 2 rings (SSSR count). The molecule has 4 heteroatoms. The van der Waals surface area contributed by atoms with Crippen molar-refractivity contribution in [1.29, 1.82) is 0 Å². The Morgan fingerprint density at radius 3 is 2.32 bits per heavy atom. The number of carboxylic acid groups (broad SMARTS) is 1. The van der Waals surface area contributed by atoms with Crippen molar-refractivity contribution < 1.29 is 9.90 Å². The Morgan fingerprint density at radius 2 is 1.79 bits per heavy atom. The zero-order valence-electron chi connectivity index (χ0n) is 10.6. The standard InChI is InChI=1S/C15H15NO2S/c1-2-10-3-8-13(9-14(10)16)19-12-6-4-11(5-7-12)15(17)18/h3-9H,2,16H2,1H3,(H,17,18). The van der Waals surface area contributed by atoms with Crippen LogP contribution in [0.3, 0.4) is 0 Å². The number of benzene rings is 2. The van der Waals surface area contributed by atoms with Crippen LogP contribution in [0, 0.1) is 0 Å². The van der Waals surface area contributed by atoms with Crippen LogP contribution in [0.4, 0.5) is 5.69 Å². The number of aryl methyl sites for hydroxylation is 1. The van der Waals surface area contributed by atoms with E-state index >= 15 is 0 Å². The van der Waals surface area contributed by atoms with Crippen molar-refractivity contribution in [3.63, 3.8) is 0 Å². The van der Waals surface area contributed by atoms with Crippen molar-refractivity contribution in [2.75, 3.05) is 5.73 Å². The van der Waals surface area contributed by atoms with Gasteiger partial charge in [0.15, 0.2) is 0 Å². The molecule has 0 saturated carbocycles. The van der Waals surface area contributed by atoms with E-state index in [0.717, 1.165) is 27.5 Å². The van der Waals surface area contributed by atoms with E-state index < -0.39 is 5.97 Å². The Labute approximate surface area is 116 Å². The van der Waals surface area contributed by atoms with Gasteiger partial charge in [0, 0.05) is 15.5 Å². The van der Waals surface area contributed by atoms with Crippen molar-refractivity contribution in [2.24, 2.45) is 0 Å². The van der Waals surface area contributed by atoms with Gasteiger partial charge < -0.3 is 10.8 Å². The van der Waals surface area contributed by atoms with Crippen LogP contribution in [0.2, 0.25) is 0 Å². The fourth-order valence-corrected chi connectivity index (χ4v) is 2.63. The lowest BCUT2D eigenvalue weighted by Crippen LogP contribution is -1.95. The van der Waals surface area contributed by atoms with Gasteiger partial charge in [-0.2, -0.15) is 0 Å². The summed E-state index contributed by atoms with van der Waals surface area (Å²) in [6, 6.07) is 12.8. The quantitative estimate of drug-likeness (QED) is 0.834. The molecule has 0 radical (unpaired) electrons. The van der Waals surface area contributed by atoms with Gasteiger partial charge in [0.2, 0.25) is 0 Å². The normalized spacial score (nSPS) is 10.4. The molecule has 0 aliphatic carbocycles. The molecule has 3 nitrogen and oxygen atoms in total. The third-order valence-corrected chi connectivity index (χ3v) is 3.83. The van der Waals surface area contributed by atoms with Gasteiger partial charge >= 0.3 is 5.97 Å². The zero-order valence-corrected chi connectivity index (χ0v) is 11.4. The average Bonchev–Trinajstić information content (AvgIpc) is 2.39. The summed E-state index contributed by atoms with van der Waals surface area (Å²) in [5.41, 5.74) is 8.20. The van der Waals surface area contributed by atoms with Gasteiger partial charge in [-0.05, 0) is 48.4 Å². The van der Waals surface area contributed by atoms with Crippen LogP contribution >= 0.6 is 11.8 Å². The van der Waals surface area contributed by atoms with Crippen LogP contribution < -0.4 is 5.73 Å². The first-order valence-corrected chi connectivity index (χ1v) is 6.81. The Balaban J connectivity index is 2.16. The van der Waals surface area contributed by atoms with Gasteiger partial charge in [0.1, 0.15) is 0 Å². The van der Waals surface area contributed by atoms with Gasteiger partial charge in [-0.1, -0.05) is 24.8 Å². The zero-order chi connectivity index (χ0) is 13.8. The Kier molecular flexibility index (Phi) is 4.12. The lowest BCUT2D eigenvalue weighted by Gasteiger charge is -2.06. The third kappa shape index (κ3) is 3.29. The number of hydrogen-bond donors (Lipinski definition) is 2. The van der Waals surface area contributed by atoms with E-state index in [1.54, 1.807) is 36.0 Å². The van der Waals surface area contributed by atoms with Gasteiger partial charge in [-0.25, -0.2) is 4.79 Å². The summed E-state index contributed by atoms with van der Waals surface area (Å²) >= 11 is 1.57. The summed E-state index contributed by atoms with van der Waals surface area (Å²) < 4.78 is 0. The van der Waals surface area contributed by atoms with E-state index in [1.165, 1.54) is 0 Å². The molecule has 0 fully saturated rings. The van der Waals surface area contributed by atoms with Crippen molar-refractivity contribution >= 4 is 23.4 Å². The minimum atomic E-state index is -0.909. The molecule has 0 bridgehead atoms. The molecule has 0 amide bonds. The molecule has 0 aromatic heterocycles. The van der Waals surface area contributed by atoms with E-state index in [-0.39, 0.29) is 0 Å². The summed E-state index contributed by atoms with van der Waals surface area (Å²) in [6.45, 7) is 2.07. The molecule has 3 N–H and O–H groups in total. The molecular weight excluding hydrogens is 258 g/mol. The third-order valence-electron chi connectivity index (χ3n) is 2.84. The summed E-state index contributed by atoms with van der Waals surface area (Å²) in [5, 5.41) is 8.84. The monoisotopic (exact) mass is 273 g/mol. The minimum absolute atomic E-state index is 0.296. The lowest BCUT2D eigenvalue weighted by atomic mass is 10.1. The molecule has 0 unspecified atom stereocenters. The fourth-order valence-electron chi connectivity index (χ4n) is 1.76. The highest BCUT2D eigenvalue weighted by Gasteiger charge is 2.04. The van der Waals surface area contributed by atoms with Crippen LogP contribution in [-0.2, 0) is 6.42 Å². The van der Waals surface area contributed by atoms with Crippen LogP contribution in [0.5, 0.6) is 0 Å². The lowest BCUT2D eigenvalue weighted by molar-refractivity contribution is 0.0697. The van der Waals surface area contributed by atoms with E-state index in [9.17, 15) is 4.79 Å². The maximum Gasteiger partial charge on any atom is 0.335 e. The van der Waals surface area contributed by atoms with E-state index in [0.29, 0.717) is 5.56 Å². The maximum atomic E-state index is 10.8. The van der Waals surface area contributed by atoms with Gasteiger partial charge in [0.05, 0.1) is 5.56 Å². The predicted octanol–water partition coefficient (Wildman–Crippen LogP) is 3.68. The number of carboxylic acids is 1. The molecule has 0 saturated heterocycles. The Hall–Kier alpha value is -1.94. The highest BCUT2D eigenvalue weighted by Crippen LogP contribution is 2.30. The number of hydrogen-bond acceptors (Lipinski definition) is 3. The van der Waals surface area contributed by atoms with Crippen molar-refractivity contribution in [3.05, 3.63) is 53.6 Å². The molecule has 0 atom stereocenters. The molecule has 0 aliphatic rings. The maximum absolute atomic E-state index is 10.8. The van der Waals surface area contributed by atoms with Gasteiger partial charge in [-0.3, -0.25) is 0 Å². The molecule has 0 aliphatic heterocycles. The Bertz CT molecular complexity index is 594. The number of anilines is 1. The molecule has 2 aromatic carbocycles. The molecule has 98 valence electrons. The second kappa shape index (κ2) is 5.80.